The second-order valence-corrected chi connectivity index (χ2v) is 27.5. The Morgan fingerprint density at radius 3 is 1.21 bits per heavy atom. The number of hydrogen-bond acceptors (Lipinski definition) is 4. The summed E-state index contributed by atoms with van der Waals surface area (Å²) in [6.45, 7) is 21.0. The van der Waals surface area contributed by atoms with Crippen LogP contribution in [0.2, 0.25) is 0 Å². The number of hydrogen-bond donors (Lipinski definition) is 0. The lowest BCUT2D eigenvalue weighted by Gasteiger charge is -2.48. The van der Waals surface area contributed by atoms with Crippen molar-refractivity contribution in [2.24, 2.45) is 0 Å². The van der Waals surface area contributed by atoms with E-state index in [1.54, 1.807) is 0 Å². The highest BCUT2D eigenvalue weighted by Crippen LogP contribution is 2.57. The first kappa shape index (κ1) is 52.1. The first-order valence-electron chi connectivity index (χ1n) is 29.8. The number of ether oxygens (including phenoxy) is 1. The molecule has 0 saturated carbocycles. The Kier molecular flexibility index (Phi) is 12.1. The number of rotatable bonds is 6. The first-order valence-corrected chi connectivity index (χ1v) is 30.6. The number of nitrogens with zero attached hydrogens (tertiary/aromatic N) is 2. The summed E-state index contributed by atoms with van der Waals surface area (Å²) in [4.78, 5) is 7.90. The zero-order valence-corrected chi connectivity index (χ0v) is 50.2. The molecule has 0 bridgehead atoms. The van der Waals surface area contributed by atoms with Gasteiger partial charge in [0.2, 0.25) is 0 Å². The van der Waals surface area contributed by atoms with Crippen molar-refractivity contribution in [2.75, 3.05) is 9.80 Å². The Morgan fingerprint density at radius 1 is 0.321 bits per heavy atom. The van der Waals surface area contributed by atoms with Gasteiger partial charge in [0.05, 0.1) is 17.1 Å². The summed E-state index contributed by atoms with van der Waals surface area (Å²) in [5, 5.41) is 0. The minimum atomic E-state index is -0.276. The number of benzene rings is 11. The van der Waals surface area contributed by atoms with Gasteiger partial charge in [-0.1, -0.05) is 262 Å². The molecule has 3 nitrogen and oxygen atoms in total. The molecule has 4 heterocycles. The van der Waals surface area contributed by atoms with Crippen LogP contribution in [0.15, 0.2) is 246 Å². The fourth-order valence-corrected chi connectivity index (χ4v) is 14.9. The standard InChI is InChI=1S/C78H66B2N2OS/c1-76(2,3)53-42-56(49-28-14-10-15-29-49)72(57(43-53)50-30-16-11-17-31-50)81-64-39-25-22-36-60(64)79-63-48-69-71-75(83-67-40-26-23-37-61(67)80(71)62-38-24-27-41-68(62)84-69)74(63)82(66-47-55(78(7,8)9)46-65(81)70(66)79)73-58(51-32-18-12-19-33-51)44-54(77(4,5)6)45-59(73)52-34-20-13-21-35-52/h10-48H,1-9H3. The van der Waals surface area contributed by atoms with E-state index in [0.29, 0.717) is 0 Å². The van der Waals surface area contributed by atoms with E-state index in [-0.39, 0.29) is 29.7 Å². The highest BCUT2D eigenvalue weighted by Gasteiger charge is 2.50. The Hall–Kier alpha value is -8.70. The molecule has 406 valence electrons. The van der Waals surface area contributed by atoms with E-state index in [1.807, 2.05) is 11.8 Å². The molecule has 0 fully saturated rings. The zero-order valence-electron chi connectivity index (χ0n) is 49.4. The molecular formula is C78H66B2N2OS. The Morgan fingerprint density at radius 2 is 0.714 bits per heavy atom. The molecule has 6 heteroatoms. The van der Waals surface area contributed by atoms with Crippen LogP contribution >= 0.6 is 11.8 Å². The van der Waals surface area contributed by atoms with E-state index in [9.17, 15) is 0 Å². The van der Waals surface area contributed by atoms with Crippen LogP contribution in [0.3, 0.4) is 0 Å². The lowest BCUT2D eigenvalue weighted by molar-refractivity contribution is 0.487. The molecule has 0 amide bonds. The van der Waals surface area contributed by atoms with Gasteiger partial charge in [0.25, 0.3) is 13.4 Å². The zero-order chi connectivity index (χ0) is 57.4. The van der Waals surface area contributed by atoms with Crippen LogP contribution in [0.25, 0.3) is 44.5 Å². The van der Waals surface area contributed by atoms with Gasteiger partial charge in [-0.3, -0.25) is 0 Å². The Bertz CT molecular complexity index is 4310. The molecule has 11 aromatic rings. The number of fused-ring (bicyclic) bond motifs is 9. The maximum absolute atomic E-state index is 7.79. The van der Waals surface area contributed by atoms with E-state index in [1.165, 1.54) is 104 Å². The summed E-state index contributed by atoms with van der Waals surface area (Å²) in [7, 11) is 0. The molecule has 0 radical (unpaired) electrons. The van der Waals surface area contributed by atoms with Crippen LogP contribution < -0.4 is 47.3 Å². The molecule has 84 heavy (non-hydrogen) atoms. The van der Waals surface area contributed by atoms with Gasteiger partial charge in [-0.2, -0.15) is 0 Å². The minimum Gasteiger partial charge on any atom is -0.456 e. The smallest absolute Gasteiger partial charge is 0.253 e. The summed E-state index contributed by atoms with van der Waals surface area (Å²) in [5.41, 5.74) is 27.0. The summed E-state index contributed by atoms with van der Waals surface area (Å²) in [5.74, 6) is 1.83. The average Bonchev–Trinajstić information content (AvgIpc) is 1.01. The van der Waals surface area contributed by atoms with Crippen LogP contribution in [0.5, 0.6) is 11.5 Å². The van der Waals surface area contributed by atoms with Gasteiger partial charge in [-0.05, 0) is 137 Å². The molecule has 11 aromatic carbocycles. The van der Waals surface area contributed by atoms with Crippen LogP contribution in [-0.4, -0.2) is 13.4 Å². The third-order valence-electron chi connectivity index (χ3n) is 18.0. The fraction of sp³-hybridized carbons (Fsp3) is 0.154. The van der Waals surface area contributed by atoms with Crippen LogP contribution in [0.1, 0.15) is 79.0 Å². The van der Waals surface area contributed by atoms with Gasteiger partial charge < -0.3 is 14.5 Å². The van der Waals surface area contributed by atoms with Crippen LogP contribution in [0.4, 0.5) is 34.1 Å². The molecule has 15 rings (SSSR count). The van der Waals surface area contributed by atoms with Crippen molar-refractivity contribution < 1.29 is 4.74 Å². The van der Waals surface area contributed by atoms with Gasteiger partial charge >= 0.3 is 0 Å². The Balaban J connectivity index is 1.15. The molecule has 4 aliphatic rings. The van der Waals surface area contributed by atoms with Crippen molar-refractivity contribution in [1.82, 2.24) is 0 Å². The van der Waals surface area contributed by atoms with Gasteiger partial charge in [0.1, 0.15) is 11.5 Å². The van der Waals surface area contributed by atoms with Gasteiger partial charge in [0, 0.05) is 49.1 Å². The lowest BCUT2D eigenvalue weighted by atomic mass is 9.32. The summed E-state index contributed by atoms with van der Waals surface area (Å²) >= 11 is 1.89. The van der Waals surface area contributed by atoms with E-state index in [4.69, 9.17) is 4.74 Å². The van der Waals surface area contributed by atoms with Crippen molar-refractivity contribution in [1.29, 1.82) is 0 Å². The third kappa shape index (κ3) is 8.34. The van der Waals surface area contributed by atoms with Crippen molar-refractivity contribution in [3.8, 4) is 56.0 Å². The largest absolute Gasteiger partial charge is 0.456 e. The van der Waals surface area contributed by atoms with Crippen molar-refractivity contribution in [3.05, 3.63) is 253 Å². The predicted octanol–water partition coefficient (Wildman–Crippen LogP) is 17.4. The topological polar surface area (TPSA) is 15.7 Å². The molecule has 0 atom stereocenters. The SMILES string of the molecule is CC(C)(C)c1cc(-c2ccccc2)c(N2c3ccccc3B3c4cc5c6c(c4N(c4c(-c7ccccc7)cc(C(C)(C)C)cc4-c4ccccc4)c4cc(C(C)(C)C)cc2c43)Oc2ccccc2B6c2ccccc2S5)c(-c2ccccc2)c1. The van der Waals surface area contributed by atoms with Gasteiger partial charge in [-0.15, -0.1) is 0 Å². The molecule has 4 aliphatic heterocycles. The molecule has 0 N–H and O–H groups in total. The van der Waals surface area contributed by atoms with Gasteiger partial charge in [-0.25, -0.2) is 0 Å². The number of para-hydroxylation sites is 2. The molecule has 0 unspecified atom stereocenters. The highest BCUT2D eigenvalue weighted by atomic mass is 32.2. The van der Waals surface area contributed by atoms with E-state index >= 15 is 0 Å². The molecule has 0 aromatic heterocycles. The second kappa shape index (κ2) is 19.4. The molecule has 0 spiro atoms. The third-order valence-corrected chi connectivity index (χ3v) is 19.1. The highest BCUT2D eigenvalue weighted by molar-refractivity contribution is 8.00. The van der Waals surface area contributed by atoms with Crippen molar-refractivity contribution in [2.45, 2.75) is 88.3 Å². The van der Waals surface area contributed by atoms with Crippen LogP contribution in [0, 0.1) is 0 Å². The molecule has 0 saturated heterocycles. The van der Waals surface area contributed by atoms with Crippen molar-refractivity contribution >= 4 is 92.1 Å². The van der Waals surface area contributed by atoms with Crippen LogP contribution in [-0.2, 0) is 16.2 Å². The maximum atomic E-state index is 7.79. The fourth-order valence-electron chi connectivity index (χ4n) is 13.7. The monoisotopic (exact) mass is 1100 g/mol. The van der Waals surface area contributed by atoms with Crippen molar-refractivity contribution in [3.63, 3.8) is 0 Å². The summed E-state index contributed by atoms with van der Waals surface area (Å²) < 4.78 is 7.79. The Labute approximate surface area is 501 Å². The van der Waals surface area contributed by atoms with Gasteiger partial charge in [0.15, 0.2) is 0 Å². The van der Waals surface area contributed by atoms with E-state index < -0.39 is 0 Å². The second-order valence-electron chi connectivity index (χ2n) is 26.4. The number of anilines is 6. The first-order chi connectivity index (χ1) is 40.6. The normalized spacial score (nSPS) is 13.7. The molecular weight excluding hydrogens is 1030 g/mol. The average molecular weight is 1100 g/mol. The lowest BCUT2D eigenvalue weighted by Crippen LogP contribution is -2.63. The predicted molar refractivity (Wildman–Crippen MR) is 360 cm³/mol. The maximum Gasteiger partial charge on any atom is 0.253 e. The molecule has 0 aliphatic carbocycles. The quantitative estimate of drug-likeness (QED) is 0.154. The van der Waals surface area contributed by atoms with E-state index in [2.05, 4.69) is 309 Å². The minimum absolute atomic E-state index is 0.0362. The summed E-state index contributed by atoms with van der Waals surface area (Å²) in [6.07, 6.45) is 0. The summed E-state index contributed by atoms with van der Waals surface area (Å²) in [6, 6.07) is 89.3. The van der Waals surface area contributed by atoms with E-state index in [0.717, 1.165) is 45.4 Å².